The fourth-order valence-electron chi connectivity index (χ4n) is 9.57. The van der Waals surface area contributed by atoms with Gasteiger partial charge in [-0.05, 0) is 122 Å². The Morgan fingerprint density at radius 1 is 0.417 bits per heavy atom. The Balaban J connectivity index is 2.25. The van der Waals surface area contributed by atoms with Gasteiger partial charge in [-0.1, -0.05) is 281 Å². The molecule has 1 aliphatic rings. The first-order chi connectivity index (χ1) is 41.3. The second-order valence-electron chi connectivity index (χ2n) is 22.5. The summed E-state index contributed by atoms with van der Waals surface area (Å²) in [4.78, 5) is 13.1. The Bertz CT molecular complexity index is 1880. The maximum absolute atomic E-state index is 13.1. The van der Waals surface area contributed by atoms with Gasteiger partial charge < -0.3 is 40.3 Å². The van der Waals surface area contributed by atoms with Gasteiger partial charge in [-0.2, -0.15) is 0 Å². The minimum Gasteiger partial charge on any atom is -0.394 e. The Morgan fingerprint density at radius 3 is 1.14 bits per heavy atom. The van der Waals surface area contributed by atoms with E-state index in [9.17, 15) is 30.3 Å². The third kappa shape index (κ3) is 50.0. The van der Waals surface area contributed by atoms with Gasteiger partial charge in [0.15, 0.2) is 6.29 Å². The van der Waals surface area contributed by atoms with Crippen molar-refractivity contribution in [2.24, 2.45) is 0 Å². The van der Waals surface area contributed by atoms with E-state index >= 15 is 0 Å². The SMILES string of the molecule is CC/C=C\C/C=C\C/C=C\C/C=C\C/C=C\C/C=C\C/C=C\C/C=C\C/C=C\C/C=C\CCCCCCC(=O)NC(COC1OC(CO)C(O)C(O)C1O)C(O)/C=C/CC/C=C/CC/C=C/CCCCCCCCCCCCCCCCCC. The summed E-state index contributed by atoms with van der Waals surface area (Å²) in [5.74, 6) is -0.221. The zero-order chi connectivity index (χ0) is 60.7. The second-order valence-corrected chi connectivity index (χ2v) is 22.5. The Hall–Kier alpha value is -4.19. The highest BCUT2D eigenvalue weighted by Gasteiger charge is 2.44. The summed E-state index contributed by atoms with van der Waals surface area (Å²) in [7, 11) is 0. The lowest BCUT2D eigenvalue weighted by Crippen LogP contribution is -2.60. The number of hydrogen-bond acceptors (Lipinski definition) is 8. The Kier molecular flexibility index (Phi) is 57.3. The van der Waals surface area contributed by atoms with Crippen molar-refractivity contribution >= 4 is 5.91 Å². The van der Waals surface area contributed by atoms with Gasteiger partial charge in [-0.3, -0.25) is 4.79 Å². The van der Waals surface area contributed by atoms with Crippen LogP contribution in [0.1, 0.15) is 251 Å². The smallest absolute Gasteiger partial charge is 0.220 e. The van der Waals surface area contributed by atoms with E-state index in [1.54, 1.807) is 6.08 Å². The fraction of sp³-hybridized carbons (Fsp3) is 0.640. The van der Waals surface area contributed by atoms with Crippen LogP contribution in [0, 0.1) is 0 Å². The maximum Gasteiger partial charge on any atom is 0.220 e. The molecule has 0 radical (unpaired) electrons. The number of rotatable bonds is 56. The van der Waals surface area contributed by atoms with Gasteiger partial charge >= 0.3 is 0 Å². The summed E-state index contributed by atoms with van der Waals surface area (Å²) in [6, 6.07) is -0.856. The minimum absolute atomic E-state index is 0.221. The highest BCUT2D eigenvalue weighted by atomic mass is 16.7. The van der Waals surface area contributed by atoms with Crippen LogP contribution in [0.4, 0.5) is 0 Å². The summed E-state index contributed by atoms with van der Waals surface area (Å²) in [6.45, 7) is 3.63. The number of aliphatic hydroxyl groups is 5. The van der Waals surface area contributed by atoms with Crippen LogP contribution in [0.5, 0.6) is 0 Å². The molecule has 7 atom stereocenters. The number of ether oxygens (including phenoxy) is 2. The number of amides is 1. The number of aliphatic hydroxyl groups excluding tert-OH is 5. The lowest BCUT2D eigenvalue weighted by atomic mass is 9.99. The largest absolute Gasteiger partial charge is 0.394 e. The molecule has 0 bridgehead atoms. The molecule has 0 aromatic rings. The van der Waals surface area contributed by atoms with Crippen LogP contribution in [-0.4, -0.2) is 87.5 Å². The highest BCUT2D eigenvalue weighted by molar-refractivity contribution is 5.76. The third-order valence-electron chi connectivity index (χ3n) is 14.8. The van der Waals surface area contributed by atoms with Crippen molar-refractivity contribution in [2.75, 3.05) is 13.2 Å². The molecular formula is C75H123NO8. The number of unbranched alkanes of at least 4 members (excludes halogenated alkanes) is 22. The van der Waals surface area contributed by atoms with Gasteiger partial charge in [0.1, 0.15) is 24.4 Å². The third-order valence-corrected chi connectivity index (χ3v) is 14.8. The van der Waals surface area contributed by atoms with E-state index in [0.717, 1.165) is 116 Å². The number of nitrogens with one attached hydrogen (secondary N) is 1. The molecule has 1 saturated heterocycles. The zero-order valence-electron chi connectivity index (χ0n) is 53.1. The van der Waals surface area contributed by atoms with Gasteiger partial charge in [0, 0.05) is 6.42 Å². The van der Waals surface area contributed by atoms with Crippen LogP contribution in [0.3, 0.4) is 0 Å². The average molecular weight is 1170 g/mol. The Labute approximate surface area is 514 Å². The second kappa shape index (κ2) is 61.9. The molecule has 9 nitrogen and oxygen atoms in total. The van der Waals surface area contributed by atoms with Gasteiger partial charge in [0.05, 0.1) is 25.4 Å². The number of carbonyl (C=O) groups excluding carboxylic acids is 1. The predicted octanol–water partition coefficient (Wildman–Crippen LogP) is 18.4. The van der Waals surface area contributed by atoms with Crippen LogP contribution < -0.4 is 5.32 Å². The number of carbonyl (C=O) groups is 1. The standard InChI is InChI=1S/C75H123NO8/c1-3-5-7-9-11-13-15-17-19-21-23-25-27-29-31-32-33-34-35-36-37-38-39-41-43-45-47-49-51-53-55-57-59-61-63-65-71(79)76-68(67-83-75-74(82)73(81)72(80)70(66-77)84-75)69(78)64-62-60-58-56-54-52-50-48-46-44-42-40-30-28-26-24-22-20-18-16-14-12-10-8-6-4-2/h5,7,11,13,17,19,23,25,29,31,33-34,36-37,39,41,45-48,51,53-54,56,62,64,68-70,72-75,77-78,80-82H,3-4,6,8-10,12,14-16,18,20-22,24,26-28,30,32,35,38,40,42-44,49-50,52,55,57-61,63,65-67H2,1-2H3,(H,76,79)/b7-5-,13-11-,19-17-,25-23-,31-29-,34-33-,37-36-,41-39-,47-45-,48-46+,53-51-,56-54+,64-62+. The molecule has 7 unspecified atom stereocenters. The van der Waals surface area contributed by atoms with Crippen molar-refractivity contribution in [3.63, 3.8) is 0 Å². The van der Waals surface area contributed by atoms with Crippen LogP contribution in [-0.2, 0) is 14.3 Å². The predicted molar refractivity (Wildman–Crippen MR) is 359 cm³/mol. The van der Waals surface area contributed by atoms with Crippen molar-refractivity contribution in [3.05, 3.63) is 158 Å². The van der Waals surface area contributed by atoms with Gasteiger partial charge in [-0.25, -0.2) is 0 Å². The Morgan fingerprint density at radius 2 is 0.750 bits per heavy atom. The summed E-state index contributed by atoms with van der Waals surface area (Å²) < 4.78 is 11.3. The van der Waals surface area contributed by atoms with Crippen molar-refractivity contribution in [1.82, 2.24) is 5.32 Å². The maximum atomic E-state index is 13.1. The quantitative estimate of drug-likeness (QED) is 0.0261. The van der Waals surface area contributed by atoms with E-state index in [2.05, 4.69) is 165 Å². The first-order valence-corrected chi connectivity index (χ1v) is 33.7. The molecule has 84 heavy (non-hydrogen) atoms. The van der Waals surface area contributed by atoms with Crippen LogP contribution in [0.25, 0.3) is 0 Å². The van der Waals surface area contributed by atoms with E-state index in [0.29, 0.717) is 19.3 Å². The van der Waals surface area contributed by atoms with E-state index in [1.807, 2.05) is 6.08 Å². The van der Waals surface area contributed by atoms with E-state index in [4.69, 9.17) is 9.47 Å². The van der Waals surface area contributed by atoms with Crippen molar-refractivity contribution in [2.45, 2.75) is 294 Å². The number of hydrogen-bond donors (Lipinski definition) is 6. The summed E-state index contributed by atoms with van der Waals surface area (Å²) in [5.41, 5.74) is 0. The summed E-state index contributed by atoms with van der Waals surface area (Å²) in [5, 5.41) is 54.6. The molecule has 0 aromatic heterocycles. The average Bonchev–Trinajstić information content (AvgIpc) is 3.70. The molecule has 9 heteroatoms. The summed E-state index contributed by atoms with van der Waals surface area (Å²) >= 11 is 0. The van der Waals surface area contributed by atoms with E-state index < -0.39 is 49.5 Å². The zero-order valence-corrected chi connectivity index (χ0v) is 53.1. The van der Waals surface area contributed by atoms with Gasteiger partial charge in [0.25, 0.3) is 0 Å². The van der Waals surface area contributed by atoms with E-state index in [-0.39, 0.29) is 12.5 Å². The topological polar surface area (TPSA) is 149 Å². The molecule has 6 N–H and O–H groups in total. The van der Waals surface area contributed by atoms with Crippen LogP contribution in [0.2, 0.25) is 0 Å². The molecule has 0 aromatic carbocycles. The molecule has 1 aliphatic heterocycles. The fourth-order valence-corrected chi connectivity index (χ4v) is 9.57. The number of allylic oxidation sites excluding steroid dienone is 25. The molecule has 1 heterocycles. The van der Waals surface area contributed by atoms with Crippen LogP contribution in [0.15, 0.2) is 158 Å². The highest BCUT2D eigenvalue weighted by Crippen LogP contribution is 2.23. The molecule has 1 fully saturated rings. The first kappa shape index (κ1) is 77.8. The van der Waals surface area contributed by atoms with Crippen molar-refractivity contribution < 1.29 is 39.8 Å². The molecule has 0 saturated carbocycles. The van der Waals surface area contributed by atoms with Gasteiger partial charge in [-0.15, -0.1) is 0 Å². The molecule has 0 spiro atoms. The van der Waals surface area contributed by atoms with Crippen LogP contribution >= 0.6 is 0 Å². The summed E-state index contributed by atoms with van der Waals surface area (Å²) in [6.07, 6.45) is 90.4. The van der Waals surface area contributed by atoms with E-state index in [1.165, 1.54) is 103 Å². The molecule has 476 valence electrons. The molecule has 1 rings (SSSR count). The lowest BCUT2D eigenvalue weighted by Gasteiger charge is -2.40. The molecule has 1 amide bonds. The monoisotopic (exact) mass is 1170 g/mol. The lowest BCUT2D eigenvalue weighted by molar-refractivity contribution is -0.302. The van der Waals surface area contributed by atoms with Crippen molar-refractivity contribution in [3.8, 4) is 0 Å². The normalized spacial score (nSPS) is 19.2. The minimum atomic E-state index is -1.59. The first-order valence-electron chi connectivity index (χ1n) is 33.7. The van der Waals surface area contributed by atoms with Crippen molar-refractivity contribution in [1.29, 1.82) is 0 Å². The molecule has 0 aliphatic carbocycles. The van der Waals surface area contributed by atoms with Gasteiger partial charge in [0.2, 0.25) is 5.91 Å². The molecular weight excluding hydrogens is 1040 g/mol.